The summed E-state index contributed by atoms with van der Waals surface area (Å²) in [5.41, 5.74) is 0.504. The molecule has 1 aromatic heterocycles. The van der Waals surface area contributed by atoms with Crippen LogP contribution in [0.15, 0.2) is 47.1 Å². The average molecular weight is 368 g/mol. The van der Waals surface area contributed by atoms with Crippen LogP contribution in [0.4, 0.5) is 0 Å². The van der Waals surface area contributed by atoms with Crippen LogP contribution in [0.1, 0.15) is 36.7 Å². The van der Waals surface area contributed by atoms with Gasteiger partial charge in [0.15, 0.2) is 0 Å². The van der Waals surface area contributed by atoms with E-state index in [1.54, 1.807) is 32.4 Å². The first-order valence-electron chi connectivity index (χ1n) is 9.06. The molecule has 1 aromatic carbocycles. The van der Waals surface area contributed by atoms with Gasteiger partial charge in [0.2, 0.25) is 17.7 Å². The predicted molar refractivity (Wildman–Crippen MR) is 99.7 cm³/mol. The molecule has 1 atom stereocenters. The topological polar surface area (TPSA) is 70.8 Å². The standard InChI is InChI=1S/C21H24N2O4/c1-4-23-19(25)13-21(20(23)26,17-10-6-5-8-15(17)2)12-18(24)22(3)14-16-9-7-11-27-16/h5-11H,4,12-14H2,1-3H3/t21-/m1/s1. The van der Waals surface area contributed by atoms with Crippen LogP contribution in [0.2, 0.25) is 0 Å². The molecule has 6 nitrogen and oxygen atoms in total. The summed E-state index contributed by atoms with van der Waals surface area (Å²) >= 11 is 0. The van der Waals surface area contributed by atoms with Crippen molar-refractivity contribution < 1.29 is 18.8 Å². The maximum absolute atomic E-state index is 13.2. The van der Waals surface area contributed by atoms with E-state index in [4.69, 9.17) is 4.42 Å². The van der Waals surface area contributed by atoms with Crippen molar-refractivity contribution in [2.45, 2.75) is 38.6 Å². The maximum Gasteiger partial charge on any atom is 0.240 e. The molecule has 1 saturated heterocycles. The third kappa shape index (κ3) is 3.39. The third-order valence-electron chi connectivity index (χ3n) is 5.24. The quantitative estimate of drug-likeness (QED) is 0.735. The van der Waals surface area contributed by atoms with Crippen LogP contribution in [-0.4, -0.2) is 41.1 Å². The molecule has 0 radical (unpaired) electrons. The number of benzene rings is 1. The lowest BCUT2D eigenvalue weighted by Crippen LogP contribution is -2.43. The fourth-order valence-corrected chi connectivity index (χ4v) is 3.79. The number of amides is 3. The first kappa shape index (κ1) is 18.9. The highest BCUT2D eigenvalue weighted by Crippen LogP contribution is 2.41. The van der Waals surface area contributed by atoms with E-state index in [0.29, 0.717) is 18.8 Å². The number of likely N-dealkylation sites (N-methyl/N-ethyl adjacent to an activating group) is 1. The second-order valence-corrected chi connectivity index (χ2v) is 7.02. The van der Waals surface area contributed by atoms with E-state index < -0.39 is 5.41 Å². The van der Waals surface area contributed by atoms with Crippen molar-refractivity contribution in [1.82, 2.24) is 9.80 Å². The van der Waals surface area contributed by atoms with E-state index in [2.05, 4.69) is 0 Å². The Labute approximate surface area is 158 Å². The van der Waals surface area contributed by atoms with Crippen molar-refractivity contribution >= 4 is 17.7 Å². The Morgan fingerprint density at radius 1 is 1.22 bits per heavy atom. The van der Waals surface area contributed by atoms with Gasteiger partial charge in [-0.2, -0.15) is 0 Å². The minimum Gasteiger partial charge on any atom is -0.467 e. The summed E-state index contributed by atoms with van der Waals surface area (Å²) in [6.45, 7) is 4.30. The van der Waals surface area contributed by atoms with Crippen LogP contribution in [0, 0.1) is 6.92 Å². The van der Waals surface area contributed by atoms with Crippen molar-refractivity contribution in [1.29, 1.82) is 0 Å². The minimum atomic E-state index is -1.15. The number of furan rings is 1. The number of hydrogen-bond donors (Lipinski definition) is 0. The van der Waals surface area contributed by atoms with Gasteiger partial charge in [-0.25, -0.2) is 0 Å². The number of hydrogen-bond acceptors (Lipinski definition) is 4. The summed E-state index contributed by atoms with van der Waals surface area (Å²) in [4.78, 5) is 41.5. The van der Waals surface area contributed by atoms with Crippen molar-refractivity contribution in [3.63, 3.8) is 0 Å². The zero-order chi connectivity index (χ0) is 19.6. The number of rotatable bonds is 6. The lowest BCUT2D eigenvalue weighted by Gasteiger charge is -2.30. The Kier molecular flexibility index (Phi) is 5.17. The molecule has 27 heavy (non-hydrogen) atoms. The lowest BCUT2D eigenvalue weighted by molar-refractivity contribution is -0.142. The zero-order valence-corrected chi connectivity index (χ0v) is 15.9. The average Bonchev–Trinajstić information content (AvgIpc) is 3.22. The highest BCUT2D eigenvalue weighted by Gasteiger charge is 2.54. The van der Waals surface area contributed by atoms with Crippen LogP contribution < -0.4 is 0 Å². The van der Waals surface area contributed by atoms with Gasteiger partial charge in [-0.3, -0.25) is 19.3 Å². The van der Waals surface area contributed by atoms with Crippen molar-refractivity contribution in [3.05, 3.63) is 59.5 Å². The third-order valence-corrected chi connectivity index (χ3v) is 5.24. The molecule has 3 amide bonds. The molecule has 2 aromatic rings. The molecule has 0 N–H and O–H groups in total. The maximum atomic E-state index is 13.2. The van der Waals surface area contributed by atoms with Gasteiger partial charge in [0.1, 0.15) is 5.76 Å². The predicted octanol–water partition coefficient (Wildman–Crippen LogP) is 2.65. The Morgan fingerprint density at radius 3 is 2.56 bits per heavy atom. The SMILES string of the molecule is CCN1C(=O)C[C@](CC(=O)N(C)Cc2ccco2)(c2ccccc2C)C1=O. The summed E-state index contributed by atoms with van der Waals surface area (Å²) in [6, 6.07) is 11.0. The van der Waals surface area contributed by atoms with Crippen LogP contribution in [0.25, 0.3) is 0 Å². The zero-order valence-electron chi connectivity index (χ0n) is 15.9. The van der Waals surface area contributed by atoms with Crippen LogP contribution in [0.3, 0.4) is 0 Å². The van der Waals surface area contributed by atoms with Crippen LogP contribution in [0.5, 0.6) is 0 Å². The molecule has 0 spiro atoms. The number of carbonyl (C=O) groups is 3. The Hall–Kier alpha value is -2.89. The molecule has 1 aliphatic rings. The molecule has 6 heteroatoms. The second kappa shape index (κ2) is 7.39. The lowest BCUT2D eigenvalue weighted by atomic mass is 9.74. The Balaban J connectivity index is 1.94. The first-order valence-corrected chi connectivity index (χ1v) is 9.06. The van der Waals surface area contributed by atoms with Crippen molar-refractivity contribution in [3.8, 4) is 0 Å². The van der Waals surface area contributed by atoms with Crippen molar-refractivity contribution in [2.24, 2.45) is 0 Å². The van der Waals surface area contributed by atoms with Crippen molar-refractivity contribution in [2.75, 3.05) is 13.6 Å². The number of imide groups is 1. The minimum absolute atomic E-state index is 0.0187. The molecule has 0 saturated carbocycles. The normalized spacial score (nSPS) is 19.6. The number of carbonyl (C=O) groups excluding carboxylic acids is 3. The van der Waals surface area contributed by atoms with E-state index in [1.807, 2.05) is 31.2 Å². The van der Waals surface area contributed by atoms with E-state index in [9.17, 15) is 14.4 Å². The van der Waals surface area contributed by atoms with Crippen LogP contribution in [-0.2, 0) is 26.3 Å². The molecule has 0 aliphatic carbocycles. The van der Waals surface area contributed by atoms with E-state index in [1.165, 1.54) is 9.80 Å². The molecule has 142 valence electrons. The van der Waals surface area contributed by atoms with Gasteiger partial charge >= 0.3 is 0 Å². The molecule has 2 heterocycles. The number of likely N-dealkylation sites (tertiary alicyclic amines) is 1. The second-order valence-electron chi connectivity index (χ2n) is 7.02. The van der Waals surface area contributed by atoms with Gasteiger partial charge in [-0.15, -0.1) is 0 Å². The van der Waals surface area contributed by atoms with Gasteiger partial charge < -0.3 is 9.32 Å². The van der Waals surface area contributed by atoms with Crippen LogP contribution >= 0.6 is 0 Å². The highest BCUT2D eigenvalue weighted by atomic mass is 16.3. The molecular weight excluding hydrogens is 344 g/mol. The Morgan fingerprint density at radius 2 is 1.96 bits per heavy atom. The summed E-state index contributed by atoms with van der Waals surface area (Å²) in [6.07, 6.45) is 1.53. The fourth-order valence-electron chi connectivity index (χ4n) is 3.79. The van der Waals surface area contributed by atoms with E-state index in [-0.39, 0.29) is 30.6 Å². The smallest absolute Gasteiger partial charge is 0.240 e. The van der Waals surface area contributed by atoms with E-state index in [0.717, 1.165) is 11.1 Å². The highest BCUT2D eigenvalue weighted by molar-refractivity contribution is 6.10. The largest absolute Gasteiger partial charge is 0.467 e. The molecule has 3 rings (SSSR count). The number of nitrogens with zero attached hydrogens (tertiary/aromatic N) is 2. The summed E-state index contributed by atoms with van der Waals surface area (Å²) in [5, 5.41) is 0. The molecule has 1 aliphatic heterocycles. The summed E-state index contributed by atoms with van der Waals surface area (Å²) < 4.78 is 5.30. The van der Waals surface area contributed by atoms with Gasteiger partial charge in [0.25, 0.3) is 0 Å². The monoisotopic (exact) mass is 368 g/mol. The van der Waals surface area contributed by atoms with Gasteiger partial charge in [-0.1, -0.05) is 24.3 Å². The van der Waals surface area contributed by atoms with Gasteiger partial charge in [0, 0.05) is 26.4 Å². The Bertz CT molecular complexity index is 859. The molecule has 1 fully saturated rings. The summed E-state index contributed by atoms with van der Waals surface area (Å²) in [7, 11) is 1.68. The molecular formula is C21H24N2O4. The summed E-state index contributed by atoms with van der Waals surface area (Å²) in [5.74, 6) is -0.0511. The molecule has 0 unspecified atom stereocenters. The van der Waals surface area contributed by atoms with Gasteiger partial charge in [-0.05, 0) is 37.1 Å². The first-order chi connectivity index (χ1) is 12.9. The number of aryl methyl sites for hydroxylation is 1. The fraction of sp³-hybridized carbons (Fsp3) is 0.381. The van der Waals surface area contributed by atoms with E-state index >= 15 is 0 Å². The van der Waals surface area contributed by atoms with Gasteiger partial charge in [0.05, 0.1) is 18.2 Å². The molecule has 0 bridgehead atoms.